The van der Waals surface area contributed by atoms with E-state index in [1.807, 2.05) is 75.4 Å². The van der Waals surface area contributed by atoms with E-state index in [2.05, 4.69) is 30.8 Å². The number of aromatic amines is 1. The molecule has 0 saturated heterocycles. The lowest BCUT2D eigenvalue weighted by Gasteiger charge is -2.15. The summed E-state index contributed by atoms with van der Waals surface area (Å²) in [6.07, 6.45) is 0. The summed E-state index contributed by atoms with van der Waals surface area (Å²) in [5, 5.41) is 18.4. The normalized spacial score (nSPS) is 12.0. The standard InChI is InChI=1S/C21H21N7O/c1-13-8-7-11-17(12-13)28-14(2)18(25-27-28)21(29)23-19(16-9-5-4-6-10-16)20-22-15(3)24-26-20/h4-12,19H,1-3H3,(H,23,29)(H,22,24,26). The molecule has 8 nitrogen and oxygen atoms in total. The lowest BCUT2D eigenvalue weighted by Crippen LogP contribution is -2.31. The van der Waals surface area contributed by atoms with E-state index < -0.39 is 6.04 Å². The topological polar surface area (TPSA) is 101 Å². The molecule has 0 saturated carbocycles. The Morgan fingerprint density at radius 1 is 1.07 bits per heavy atom. The highest BCUT2D eigenvalue weighted by Gasteiger charge is 2.25. The highest BCUT2D eigenvalue weighted by atomic mass is 16.2. The lowest BCUT2D eigenvalue weighted by atomic mass is 10.1. The van der Waals surface area contributed by atoms with E-state index in [1.165, 1.54) is 0 Å². The molecular formula is C21H21N7O. The number of aromatic nitrogens is 6. The Bertz CT molecular complexity index is 1150. The van der Waals surface area contributed by atoms with Crippen LogP contribution in [0, 0.1) is 20.8 Å². The predicted molar refractivity (Wildman–Crippen MR) is 108 cm³/mol. The van der Waals surface area contributed by atoms with Crippen LogP contribution < -0.4 is 5.32 Å². The van der Waals surface area contributed by atoms with Gasteiger partial charge in [-0.3, -0.25) is 9.89 Å². The Labute approximate surface area is 168 Å². The lowest BCUT2D eigenvalue weighted by molar-refractivity contribution is 0.0936. The van der Waals surface area contributed by atoms with Crippen molar-refractivity contribution < 1.29 is 4.79 Å². The van der Waals surface area contributed by atoms with Gasteiger partial charge in [-0.05, 0) is 44.0 Å². The second-order valence-corrected chi connectivity index (χ2v) is 6.87. The number of nitrogens with zero attached hydrogens (tertiary/aromatic N) is 5. The first-order valence-corrected chi connectivity index (χ1v) is 9.27. The molecule has 0 aliphatic carbocycles. The summed E-state index contributed by atoms with van der Waals surface area (Å²) in [5.74, 6) is 0.834. The molecule has 0 spiro atoms. The van der Waals surface area contributed by atoms with E-state index in [1.54, 1.807) is 4.68 Å². The zero-order valence-electron chi connectivity index (χ0n) is 16.4. The maximum absolute atomic E-state index is 13.0. The minimum absolute atomic E-state index is 0.264. The fourth-order valence-electron chi connectivity index (χ4n) is 3.17. The largest absolute Gasteiger partial charge is 0.336 e. The van der Waals surface area contributed by atoms with Crippen molar-refractivity contribution in [1.82, 2.24) is 35.5 Å². The number of H-pyrrole nitrogens is 1. The second kappa shape index (κ2) is 7.67. The number of aryl methyl sites for hydroxylation is 2. The molecule has 2 N–H and O–H groups in total. The van der Waals surface area contributed by atoms with Crippen LogP contribution in [0.2, 0.25) is 0 Å². The predicted octanol–water partition coefficient (Wildman–Crippen LogP) is 2.83. The molecule has 4 aromatic rings. The molecule has 2 heterocycles. The Balaban J connectivity index is 1.65. The fraction of sp³-hybridized carbons (Fsp3) is 0.190. The number of carbonyl (C=O) groups is 1. The average molecular weight is 387 g/mol. The molecule has 29 heavy (non-hydrogen) atoms. The molecule has 0 radical (unpaired) electrons. The third kappa shape index (κ3) is 3.77. The van der Waals surface area contributed by atoms with Crippen LogP contribution in [0.1, 0.15) is 45.0 Å². The monoisotopic (exact) mass is 387 g/mol. The number of nitrogens with one attached hydrogen (secondary N) is 2. The van der Waals surface area contributed by atoms with Gasteiger partial charge >= 0.3 is 0 Å². The molecule has 2 aromatic heterocycles. The van der Waals surface area contributed by atoms with Gasteiger partial charge in [-0.1, -0.05) is 47.7 Å². The van der Waals surface area contributed by atoms with Gasteiger partial charge in [0.1, 0.15) is 11.9 Å². The van der Waals surface area contributed by atoms with Crippen LogP contribution in [-0.2, 0) is 0 Å². The number of rotatable bonds is 5. The first-order chi connectivity index (χ1) is 14.0. The van der Waals surface area contributed by atoms with Crippen LogP contribution in [0.5, 0.6) is 0 Å². The Hall–Kier alpha value is -3.81. The Morgan fingerprint density at radius 2 is 1.86 bits per heavy atom. The number of benzene rings is 2. The summed E-state index contributed by atoms with van der Waals surface area (Å²) < 4.78 is 1.66. The molecule has 0 fully saturated rings. The summed E-state index contributed by atoms with van der Waals surface area (Å²) >= 11 is 0. The van der Waals surface area contributed by atoms with Crippen molar-refractivity contribution in [3.63, 3.8) is 0 Å². The summed E-state index contributed by atoms with van der Waals surface area (Å²) in [7, 11) is 0. The van der Waals surface area contributed by atoms with Gasteiger partial charge in [0.15, 0.2) is 11.5 Å². The maximum atomic E-state index is 13.0. The van der Waals surface area contributed by atoms with Gasteiger partial charge < -0.3 is 5.32 Å². The van der Waals surface area contributed by atoms with E-state index in [-0.39, 0.29) is 11.6 Å². The van der Waals surface area contributed by atoms with Crippen molar-refractivity contribution in [1.29, 1.82) is 0 Å². The van der Waals surface area contributed by atoms with Crippen molar-refractivity contribution in [3.05, 3.63) is 88.8 Å². The SMILES string of the molecule is Cc1cccc(-n2nnc(C(=O)NC(c3ccccc3)c3n[nH]c(C)n3)c2C)c1. The van der Waals surface area contributed by atoms with Crippen LogP contribution in [0.25, 0.3) is 5.69 Å². The van der Waals surface area contributed by atoms with Gasteiger partial charge in [-0.15, -0.1) is 5.10 Å². The summed E-state index contributed by atoms with van der Waals surface area (Å²) in [6, 6.07) is 17.0. The van der Waals surface area contributed by atoms with Crippen LogP contribution in [0.15, 0.2) is 54.6 Å². The molecule has 146 valence electrons. The molecule has 1 amide bonds. The Morgan fingerprint density at radius 3 is 2.55 bits per heavy atom. The molecule has 0 aliphatic heterocycles. The molecule has 8 heteroatoms. The van der Waals surface area contributed by atoms with E-state index in [4.69, 9.17) is 0 Å². The highest BCUT2D eigenvalue weighted by Crippen LogP contribution is 2.20. The third-order valence-corrected chi connectivity index (χ3v) is 4.64. The summed E-state index contributed by atoms with van der Waals surface area (Å²) in [5.41, 5.74) is 3.76. The van der Waals surface area contributed by atoms with Gasteiger partial charge in [-0.2, -0.15) is 5.10 Å². The highest BCUT2D eigenvalue weighted by molar-refractivity contribution is 5.93. The van der Waals surface area contributed by atoms with Crippen molar-refractivity contribution >= 4 is 5.91 Å². The number of carbonyl (C=O) groups excluding carboxylic acids is 1. The number of amides is 1. The van der Waals surface area contributed by atoms with Crippen molar-refractivity contribution in [2.24, 2.45) is 0 Å². The maximum Gasteiger partial charge on any atom is 0.274 e. The number of hydrogen-bond donors (Lipinski definition) is 2. The molecule has 1 unspecified atom stereocenters. The van der Waals surface area contributed by atoms with Crippen molar-refractivity contribution in [3.8, 4) is 5.69 Å². The summed E-state index contributed by atoms with van der Waals surface area (Å²) in [4.78, 5) is 17.4. The zero-order chi connectivity index (χ0) is 20.4. The third-order valence-electron chi connectivity index (χ3n) is 4.64. The minimum atomic E-state index is -0.503. The fourth-order valence-corrected chi connectivity index (χ4v) is 3.17. The van der Waals surface area contributed by atoms with Crippen molar-refractivity contribution in [2.75, 3.05) is 0 Å². The second-order valence-electron chi connectivity index (χ2n) is 6.87. The quantitative estimate of drug-likeness (QED) is 0.548. The molecule has 0 aliphatic rings. The number of hydrogen-bond acceptors (Lipinski definition) is 5. The van der Waals surface area contributed by atoms with Crippen LogP contribution in [-0.4, -0.2) is 36.1 Å². The van der Waals surface area contributed by atoms with Crippen LogP contribution in [0.4, 0.5) is 0 Å². The van der Waals surface area contributed by atoms with Crippen LogP contribution >= 0.6 is 0 Å². The molecule has 0 bridgehead atoms. The van der Waals surface area contributed by atoms with Gasteiger partial charge in [0, 0.05) is 0 Å². The van der Waals surface area contributed by atoms with Gasteiger partial charge in [-0.25, -0.2) is 9.67 Å². The van der Waals surface area contributed by atoms with Crippen molar-refractivity contribution in [2.45, 2.75) is 26.8 Å². The van der Waals surface area contributed by atoms with Crippen LogP contribution in [0.3, 0.4) is 0 Å². The smallest absolute Gasteiger partial charge is 0.274 e. The van der Waals surface area contributed by atoms with E-state index in [0.29, 0.717) is 17.3 Å². The Kier molecular flexibility index (Phi) is 4.90. The minimum Gasteiger partial charge on any atom is -0.336 e. The molecule has 2 aromatic carbocycles. The van der Waals surface area contributed by atoms with E-state index >= 15 is 0 Å². The molecule has 4 rings (SSSR count). The molecule has 1 atom stereocenters. The zero-order valence-corrected chi connectivity index (χ0v) is 16.4. The van der Waals surface area contributed by atoms with Gasteiger partial charge in [0.25, 0.3) is 5.91 Å². The molecular weight excluding hydrogens is 366 g/mol. The first kappa shape index (κ1) is 18.5. The average Bonchev–Trinajstić information content (AvgIpc) is 3.32. The summed E-state index contributed by atoms with van der Waals surface area (Å²) in [6.45, 7) is 5.65. The first-order valence-electron chi connectivity index (χ1n) is 9.27. The van der Waals surface area contributed by atoms with E-state index in [9.17, 15) is 4.79 Å². The van der Waals surface area contributed by atoms with Gasteiger partial charge in [0.05, 0.1) is 11.4 Å². The van der Waals surface area contributed by atoms with Gasteiger partial charge in [0.2, 0.25) is 0 Å². The van der Waals surface area contributed by atoms with E-state index in [0.717, 1.165) is 16.8 Å².